The van der Waals surface area contributed by atoms with Crippen molar-refractivity contribution in [2.24, 2.45) is 10.8 Å². The summed E-state index contributed by atoms with van der Waals surface area (Å²) in [5.41, 5.74) is 13.9. The molecule has 0 aliphatic heterocycles. The number of aromatic nitrogens is 2. The summed E-state index contributed by atoms with van der Waals surface area (Å²) in [4.78, 5) is 9.29. The van der Waals surface area contributed by atoms with Crippen molar-refractivity contribution < 1.29 is 24.5 Å². The number of hydrogen-bond donors (Lipinski definition) is 0. The first-order valence-electron chi connectivity index (χ1n) is 18.6. The zero-order chi connectivity index (χ0) is 37.3. The van der Waals surface area contributed by atoms with E-state index in [4.69, 9.17) is 9.40 Å². The molecule has 0 atom stereocenters. The van der Waals surface area contributed by atoms with Crippen molar-refractivity contribution in [1.29, 1.82) is 0 Å². The first-order valence-corrected chi connectivity index (χ1v) is 18.6. The van der Waals surface area contributed by atoms with Crippen molar-refractivity contribution in [3.05, 3.63) is 156 Å². The molecule has 0 saturated heterocycles. The molecule has 0 N–H and O–H groups in total. The molecule has 0 amide bonds. The van der Waals surface area contributed by atoms with Gasteiger partial charge in [0.15, 0.2) is 0 Å². The molecule has 3 heterocycles. The Kier molecular flexibility index (Phi) is 11.4. The summed E-state index contributed by atoms with van der Waals surface area (Å²) in [5.74, 6) is 0. The zero-order valence-electron chi connectivity index (χ0n) is 32.6. The average Bonchev–Trinajstić information content (AvgIpc) is 3.52. The van der Waals surface area contributed by atoms with Gasteiger partial charge in [0.05, 0.1) is 0 Å². The van der Waals surface area contributed by atoms with Gasteiger partial charge in [0.2, 0.25) is 0 Å². The Balaban J connectivity index is 0.000000222. The molecule has 0 aliphatic carbocycles. The van der Waals surface area contributed by atoms with Crippen molar-refractivity contribution in [1.82, 2.24) is 9.97 Å². The van der Waals surface area contributed by atoms with E-state index < -0.39 is 0 Å². The molecule has 0 spiro atoms. The molecular formula is C50H48IrN2O-2. The number of fused-ring (bicyclic) bond motifs is 5. The van der Waals surface area contributed by atoms with Gasteiger partial charge in [0, 0.05) is 43.3 Å². The van der Waals surface area contributed by atoms with Crippen LogP contribution < -0.4 is 0 Å². The van der Waals surface area contributed by atoms with Crippen LogP contribution in [0.4, 0.5) is 0 Å². The Morgan fingerprint density at radius 2 is 1.37 bits per heavy atom. The maximum absolute atomic E-state index is 6.13. The van der Waals surface area contributed by atoms with Crippen LogP contribution in [-0.2, 0) is 32.9 Å². The molecule has 275 valence electrons. The van der Waals surface area contributed by atoms with Crippen LogP contribution in [-0.4, -0.2) is 9.97 Å². The van der Waals surface area contributed by atoms with Gasteiger partial charge >= 0.3 is 0 Å². The third-order valence-corrected chi connectivity index (χ3v) is 9.53. The Bertz CT molecular complexity index is 2530. The number of hydrogen-bond acceptors (Lipinski definition) is 3. The predicted molar refractivity (Wildman–Crippen MR) is 223 cm³/mol. The monoisotopic (exact) mass is 885 g/mol. The molecule has 8 aromatic rings. The van der Waals surface area contributed by atoms with Crippen molar-refractivity contribution in [2.45, 2.75) is 68.2 Å². The number of para-hydroxylation sites is 1. The first kappa shape index (κ1) is 38.8. The average molecular weight is 885 g/mol. The van der Waals surface area contributed by atoms with Gasteiger partial charge < -0.3 is 14.4 Å². The molecule has 0 saturated carbocycles. The van der Waals surface area contributed by atoms with Crippen LogP contribution >= 0.6 is 0 Å². The van der Waals surface area contributed by atoms with E-state index in [1.165, 1.54) is 44.0 Å². The molecule has 5 aromatic carbocycles. The fourth-order valence-corrected chi connectivity index (χ4v) is 7.05. The topological polar surface area (TPSA) is 38.9 Å². The summed E-state index contributed by atoms with van der Waals surface area (Å²) in [5, 5.41) is 4.76. The molecule has 0 aliphatic rings. The number of rotatable bonds is 5. The van der Waals surface area contributed by atoms with Gasteiger partial charge in [-0.3, -0.25) is 0 Å². The van der Waals surface area contributed by atoms with Crippen molar-refractivity contribution in [2.75, 3.05) is 0 Å². The van der Waals surface area contributed by atoms with Gasteiger partial charge in [-0.05, 0) is 81.6 Å². The summed E-state index contributed by atoms with van der Waals surface area (Å²) >= 11 is 0. The minimum absolute atomic E-state index is 0. The van der Waals surface area contributed by atoms with Gasteiger partial charge in [0.1, 0.15) is 11.2 Å². The minimum Gasteiger partial charge on any atom is -0.456 e. The molecule has 1 radical (unpaired) electrons. The van der Waals surface area contributed by atoms with Gasteiger partial charge in [-0.25, -0.2) is 0 Å². The van der Waals surface area contributed by atoms with Crippen LogP contribution in [0.1, 0.15) is 63.8 Å². The predicted octanol–water partition coefficient (Wildman–Crippen LogP) is 13.6. The van der Waals surface area contributed by atoms with Crippen molar-refractivity contribution >= 4 is 32.7 Å². The Labute approximate surface area is 334 Å². The number of aryl methyl sites for hydroxylation is 2. The summed E-state index contributed by atoms with van der Waals surface area (Å²) in [6, 6.07) is 44.8. The molecular weight excluding hydrogens is 837 g/mol. The van der Waals surface area contributed by atoms with Crippen LogP contribution in [0, 0.1) is 36.8 Å². The van der Waals surface area contributed by atoms with Gasteiger partial charge in [0.25, 0.3) is 0 Å². The van der Waals surface area contributed by atoms with E-state index in [-0.39, 0.29) is 25.5 Å². The third kappa shape index (κ3) is 8.90. The van der Waals surface area contributed by atoms with Gasteiger partial charge in [-0.15, -0.1) is 70.8 Å². The maximum atomic E-state index is 6.13. The quantitative estimate of drug-likeness (QED) is 0.162. The minimum atomic E-state index is 0. The second-order valence-corrected chi connectivity index (χ2v) is 16.7. The number of nitrogens with zero attached hydrogens (tertiary/aromatic N) is 2. The van der Waals surface area contributed by atoms with Gasteiger partial charge in [-0.1, -0.05) is 115 Å². The SMILES string of the molecule is Cc1c[c-]c(-c2ccc(CC(C)(C)C)cn2)cc1.Cc1cnc(-c2[c-]ccc(-c3cccc4c3ccc3oc5ccccc5c34)c2)cc1CC(C)(C)C.[Ir]. The fourth-order valence-electron chi connectivity index (χ4n) is 7.05. The van der Waals surface area contributed by atoms with Crippen LogP contribution in [0.3, 0.4) is 0 Å². The zero-order valence-corrected chi connectivity index (χ0v) is 35.0. The maximum Gasteiger partial charge on any atom is 0.136 e. The van der Waals surface area contributed by atoms with Crippen LogP contribution in [0.15, 0.2) is 126 Å². The second-order valence-electron chi connectivity index (χ2n) is 16.7. The molecule has 0 unspecified atom stereocenters. The largest absolute Gasteiger partial charge is 0.456 e. The molecule has 4 heteroatoms. The molecule has 0 fully saturated rings. The number of furan rings is 1. The molecule has 0 bridgehead atoms. The Morgan fingerprint density at radius 3 is 2.09 bits per heavy atom. The van der Waals surface area contributed by atoms with Gasteiger partial charge in [-0.2, -0.15) is 0 Å². The number of pyridine rings is 2. The summed E-state index contributed by atoms with van der Waals surface area (Å²) < 4.78 is 6.13. The smallest absolute Gasteiger partial charge is 0.136 e. The van der Waals surface area contributed by atoms with E-state index >= 15 is 0 Å². The van der Waals surface area contributed by atoms with Crippen LogP contribution in [0.2, 0.25) is 0 Å². The first-order chi connectivity index (χ1) is 25.3. The third-order valence-electron chi connectivity index (χ3n) is 9.53. The van der Waals surface area contributed by atoms with E-state index in [1.54, 1.807) is 0 Å². The molecule has 3 aromatic heterocycles. The van der Waals surface area contributed by atoms with Crippen molar-refractivity contribution in [3.8, 4) is 33.6 Å². The van der Waals surface area contributed by atoms with Crippen molar-refractivity contribution in [3.63, 3.8) is 0 Å². The molecule has 3 nitrogen and oxygen atoms in total. The van der Waals surface area contributed by atoms with E-state index in [0.29, 0.717) is 5.41 Å². The van der Waals surface area contributed by atoms with E-state index in [0.717, 1.165) is 57.5 Å². The van der Waals surface area contributed by atoms with Crippen LogP contribution in [0.5, 0.6) is 0 Å². The fraction of sp³-hybridized carbons (Fsp3) is 0.240. The summed E-state index contributed by atoms with van der Waals surface area (Å²) in [6.07, 6.45) is 6.05. The molecule has 54 heavy (non-hydrogen) atoms. The van der Waals surface area contributed by atoms with E-state index in [1.807, 2.05) is 36.7 Å². The summed E-state index contributed by atoms with van der Waals surface area (Å²) in [6.45, 7) is 17.8. The Hall–Kier alpha value is -4.89. The van der Waals surface area contributed by atoms with E-state index in [2.05, 4.69) is 157 Å². The summed E-state index contributed by atoms with van der Waals surface area (Å²) in [7, 11) is 0. The second kappa shape index (κ2) is 15.8. The number of benzene rings is 5. The molecule has 8 rings (SSSR count). The van der Waals surface area contributed by atoms with Crippen LogP contribution in [0.25, 0.3) is 66.4 Å². The van der Waals surface area contributed by atoms with E-state index in [9.17, 15) is 0 Å². The standard InChI is InChI=1S/C33H28NO.C17H20N.Ir/c1-21-20-34-29(18-24(21)19-33(2,3)4)23-10-7-9-22(17-23)25-12-8-13-27-26(25)15-16-31-32(27)28-11-5-6-14-30(28)35-31;1-13-5-8-15(9-6-13)16-10-7-14(12-18-16)11-17(2,3)4;/h5-9,11-18,20H,19H2,1-4H3;5-8,10,12H,11H2,1-4H3;/q2*-1;. The normalized spacial score (nSPS) is 11.7. The Morgan fingerprint density at radius 1 is 0.611 bits per heavy atom.